The zero-order valence-electron chi connectivity index (χ0n) is 11.0. The van der Waals surface area contributed by atoms with Crippen molar-refractivity contribution in [2.24, 2.45) is 0 Å². The third kappa shape index (κ3) is 2.69. The van der Waals surface area contributed by atoms with Crippen molar-refractivity contribution in [3.05, 3.63) is 69.8 Å². The number of carboxylic acid groups (broad SMARTS) is 2. The van der Waals surface area contributed by atoms with Crippen LogP contribution in [0.4, 0.5) is 0 Å². The molecule has 0 radical (unpaired) electrons. The molecule has 0 aliphatic heterocycles. The Morgan fingerprint density at radius 1 is 0.696 bits per heavy atom. The third-order valence-corrected chi connectivity index (χ3v) is 3.52. The second kappa shape index (κ2) is 6.23. The number of hydrogen-bond donors (Lipinski definition) is 2. The zero-order valence-corrected chi connectivity index (χ0v) is 11.0. The van der Waals surface area contributed by atoms with Crippen LogP contribution < -0.4 is 0 Å². The van der Waals surface area contributed by atoms with Crippen LogP contribution in [-0.2, 0) is 0 Å². The van der Waals surface area contributed by atoms with E-state index in [0.29, 0.717) is 0 Å². The Hall–Kier alpha value is -2.02. The van der Waals surface area contributed by atoms with Crippen LogP contribution in [0.5, 0.6) is 0 Å². The van der Waals surface area contributed by atoms with Crippen molar-refractivity contribution in [2.75, 3.05) is 0 Å². The van der Waals surface area contributed by atoms with Crippen LogP contribution in [-0.4, -0.2) is 71.5 Å². The fourth-order valence-electron chi connectivity index (χ4n) is 2.50. The Balaban J connectivity index is 0.00000192. The van der Waals surface area contributed by atoms with Gasteiger partial charge in [-0.2, -0.15) is 0 Å². The maximum absolute atomic E-state index is 12.4. The van der Waals surface area contributed by atoms with E-state index in [4.69, 9.17) is 10.2 Å². The summed E-state index contributed by atoms with van der Waals surface area (Å²) in [5, 5.41) is 18.2. The van der Waals surface area contributed by atoms with Gasteiger partial charge >= 0.3 is 49.7 Å². The first-order chi connectivity index (χ1) is 10.4. The number of aromatic carboxylic acids is 2. The SMILES string of the molecule is O=C(O)c1cc2c(cc1C(=O)O)C(=O)c1ccccc1C2=O.[CaH2]. The van der Waals surface area contributed by atoms with Gasteiger partial charge in [-0.3, -0.25) is 9.59 Å². The molecular formula is C16H10CaO6. The summed E-state index contributed by atoms with van der Waals surface area (Å²) < 4.78 is 0. The molecule has 1 aliphatic rings. The van der Waals surface area contributed by atoms with Gasteiger partial charge in [0.1, 0.15) is 0 Å². The number of fused-ring (bicyclic) bond motifs is 2. The molecule has 2 aromatic rings. The van der Waals surface area contributed by atoms with Gasteiger partial charge in [-0.15, -0.1) is 0 Å². The van der Waals surface area contributed by atoms with Gasteiger partial charge in [0, 0.05) is 22.3 Å². The van der Waals surface area contributed by atoms with E-state index >= 15 is 0 Å². The second-order valence-corrected chi connectivity index (χ2v) is 4.76. The normalized spacial score (nSPS) is 12.0. The van der Waals surface area contributed by atoms with Gasteiger partial charge in [0.15, 0.2) is 11.6 Å². The van der Waals surface area contributed by atoms with E-state index < -0.39 is 34.6 Å². The molecule has 0 bridgehead atoms. The van der Waals surface area contributed by atoms with E-state index in [-0.39, 0.29) is 60.0 Å². The molecule has 2 aromatic carbocycles. The summed E-state index contributed by atoms with van der Waals surface area (Å²) in [6.45, 7) is 0. The van der Waals surface area contributed by atoms with Crippen LogP contribution in [0.2, 0.25) is 0 Å². The van der Waals surface area contributed by atoms with Crippen molar-refractivity contribution in [1.82, 2.24) is 0 Å². The fourth-order valence-corrected chi connectivity index (χ4v) is 2.50. The summed E-state index contributed by atoms with van der Waals surface area (Å²) in [6, 6.07) is 8.06. The van der Waals surface area contributed by atoms with Gasteiger partial charge in [-0.05, 0) is 12.1 Å². The molecule has 0 aromatic heterocycles. The van der Waals surface area contributed by atoms with E-state index in [9.17, 15) is 19.2 Å². The molecule has 0 spiro atoms. The molecular weight excluding hydrogens is 328 g/mol. The molecule has 112 valence electrons. The molecule has 2 N–H and O–H groups in total. The molecule has 3 rings (SSSR count). The predicted octanol–water partition coefficient (Wildman–Crippen LogP) is 0.942. The number of benzene rings is 2. The first-order valence-electron chi connectivity index (χ1n) is 6.25. The van der Waals surface area contributed by atoms with E-state index in [1.54, 1.807) is 12.1 Å². The number of hydrogen-bond acceptors (Lipinski definition) is 4. The molecule has 1 aliphatic carbocycles. The predicted molar refractivity (Wildman–Crippen MR) is 82.2 cm³/mol. The summed E-state index contributed by atoms with van der Waals surface area (Å²) in [5.74, 6) is -3.94. The van der Waals surface area contributed by atoms with E-state index in [0.717, 1.165) is 12.1 Å². The number of carbonyl (C=O) groups excluding carboxylic acids is 2. The fraction of sp³-hybridized carbons (Fsp3) is 0. The summed E-state index contributed by atoms with van der Waals surface area (Å²) in [6.07, 6.45) is 0. The summed E-state index contributed by atoms with van der Waals surface area (Å²) in [5.41, 5.74) is -0.866. The average Bonchev–Trinajstić information content (AvgIpc) is 2.51. The van der Waals surface area contributed by atoms with Crippen LogP contribution in [0.1, 0.15) is 52.6 Å². The minimum absolute atomic E-state index is 0. The Kier molecular flexibility index (Phi) is 4.70. The quantitative estimate of drug-likeness (QED) is 0.673. The van der Waals surface area contributed by atoms with Gasteiger partial charge in [0.25, 0.3) is 0 Å². The Morgan fingerprint density at radius 2 is 1.04 bits per heavy atom. The van der Waals surface area contributed by atoms with Crippen molar-refractivity contribution < 1.29 is 29.4 Å². The Morgan fingerprint density at radius 3 is 1.35 bits per heavy atom. The summed E-state index contributed by atoms with van der Waals surface area (Å²) >= 11 is 0. The van der Waals surface area contributed by atoms with E-state index in [1.807, 2.05) is 0 Å². The topological polar surface area (TPSA) is 109 Å². The van der Waals surface area contributed by atoms with Gasteiger partial charge in [0.2, 0.25) is 0 Å². The van der Waals surface area contributed by atoms with Crippen molar-refractivity contribution in [3.8, 4) is 0 Å². The Bertz CT molecular complexity index is 812. The molecule has 0 saturated heterocycles. The minimum atomic E-state index is -1.47. The van der Waals surface area contributed by atoms with Crippen LogP contribution >= 0.6 is 0 Å². The summed E-state index contributed by atoms with van der Waals surface area (Å²) in [7, 11) is 0. The molecule has 0 fully saturated rings. The molecule has 0 atom stereocenters. The van der Waals surface area contributed by atoms with Crippen molar-refractivity contribution in [1.29, 1.82) is 0 Å². The van der Waals surface area contributed by atoms with Crippen LogP contribution in [0.15, 0.2) is 36.4 Å². The molecule has 0 unspecified atom stereocenters. The molecule has 0 heterocycles. The molecule has 0 amide bonds. The first kappa shape index (κ1) is 17.3. The third-order valence-electron chi connectivity index (χ3n) is 3.52. The maximum atomic E-state index is 12.4. The van der Waals surface area contributed by atoms with Gasteiger partial charge in [-0.25, -0.2) is 9.59 Å². The van der Waals surface area contributed by atoms with Gasteiger partial charge in [-0.1, -0.05) is 24.3 Å². The molecule has 0 saturated carbocycles. The van der Waals surface area contributed by atoms with Crippen LogP contribution in [0.3, 0.4) is 0 Å². The van der Waals surface area contributed by atoms with Crippen molar-refractivity contribution >= 4 is 61.2 Å². The summed E-state index contributed by atoms with van der Waals surface area (Å²) in [4.78, 5) is 47.2. The second-order valence-electron chi connectivity index (χ2n) is 4.76. The van der Waals surface area contributed by atoms with Gasteiger partial charge in [0.05, 0.1) is 11.1 Å². The average molecular weight is 338 g/mol. The van der Waals surface area contributed by atoms with Crippen LogP contribution in [0, 0.1) is 0 Å². The Labute approximate surface area is 159 Å². The van der Waals surface area contributed by atoms with E-state index in [1.165, 1.54) is 12.1 Å². The first-order valence-corrected chi connectivity index (χ1v) is 6.25. The van der Waals surface area contributed by atoms with Crippen molar-refractivity contribution in [2.45, 2.75) is 0 Å². The number of carbonyl (C=O) groups is 4. The number of ketones is 2. The molecule has 23 heavy (non-hydrogen) atoms. The zero-order chi connectivity index (χ0) is 16.0. The molecule has 6 nitrogen and oxygen atoms in total. The van der Waals surface area contributed by atoms with Gasteiger partial charge < -0.3 is 10.2 Å². The van der Waals surface area contributed by atoms with E-state index in [2.05, 4.69) is 0 Å². The standard InChI is InChI=1S/C16H8O6.Ca.2H/c17-13-7-3-1-2-4-8(7)14(18)10-6-12(16(21)22)11(15(19)20)5-9(10)13;;;/h1-6H,(H,19,20)(H,21,22);;;. The molecule has 7 heteroatoms. The van der Waals surface area contributed by atoms with Crippen LogP contribution in [0.25, 0.3) is 0 Å². The monoisotopic (exact) mass is 338 g/mol. The van der Waals surface area contributed by atoms with Crippen molar-refractivity contribution in [3.63, 3.8) is 0 Å². The number of rotatable bonds is 2. The number of carboxylic acids is 2.